The molecule has 3 rings (SSSR count). The van der Waals surface area contributed by atoms with Gasteiger partial charge in [-0.05, 0) is 42.1 Å². The first-order valence-electron chi connectivity index (χ1n) is 7.58. The van der Waals surface area contributed by atoms with Gasteiger partial charge < -0.3 is 14.4 Å². The fraction of sp³-hybridized carbons (Fsp3) is 0.111. The Bertz CT molecular complexity index is 1130. The van der Waals surface area contributed by atoms with Crippen molar-refractivity contribution in [2.75, 3.05) is 7.11 Å². The van der Waals surface area contributed by atoms with Crippen molar-refractivity contribution in [3.8, 4) is 11.5 Å². The molecule has 134 valence electrons. The Morgan fingerprint density at radius 2 is 1.81 bits per heavy atom. The molecule has 3 aromatic rings. The molecule has 1 N–H and O–H groups in total. The number of aryl methyl sites for hydroxylation is 1. The van der Waals surface area contributed by atoms with Crippen molar-refractivity contribution in [1.82, 2.24) is 0 Å². The molecule has 0 saturated heterocycles. The van der Waals surface area contributed by atoms with Crippen LogP contribution in [0.1, 0.15) is 5.56 Å². The maximum absolute atomic E-state index is 11.2. The number of methoxy groups -OCH3 is 1. The molecule has 0 aliphatic heterocycles. The van der Waals surface area contributed by atoms with Crippen LogP contribution in [-0.4, -0.2) is 25.2 Å². The molecule has 9 heteroatoms. The van der Waals surface area contributed by atoms with Crippen molar-refractivity contribution < 1.29 is 52.4 Å². The minimum Gasteiger partial charge on any atom is -0.744 e. The van der Waals surface area contributed by atoms with Crippen LogP contribution in [0.25, 0.3) is 10.8 Å². The normalized spacial score (nSPS) is 11.5. The van der Waals surface area contributed by atoms with Crippen LogP contribution >= 0.6 is 0 Å². The Labute approximate surface area is 178 Å². The molecule has 7 nitrogen and oxygen atoms in total. The van der Waals surface area contributed by atoms with Gasteiger partial charge in [0, 0.05) is 5.39 Å². The number of aromatic hydroxyl groups is 1. The molecule has 0 aliphatic carbocycles. The smallest absolute Gasteiger partial charge is 0.744 e. The number of phenolic OH excluding ortho intramolecular Hbond substituents is 1. The number of nitrogens with zero attached hydrogens (tertiary/aromatic N) is 2. The molecule has 0 heterocycles. The summed E-state index contributed by atoms with van der Waals surface area (Å²) in [5.74, 6) is 0.446. The molecule has 0 amide bonds. The number of phenols is 1. The maximum Gasteiger partial charge on any atom is 1.00 e. The number of ether oxygens (including phenoxy) is 1. The summed E-state index contributed by atoms with van der Waals surface area (Å²) in [6.07, 6.45) is 0. The predicted molar refractivity (Wildman–Crippen MR) is 95.5 cm³/mol. The third kappa shape index (κ3) is 4.48. The number of fused-ring (bicyclic) bond motifs is 1. The molecule has 0 aliphatic rings. The largest absolute Gasteiger partial charge is 1.00 e. The van der Waals surface area contributed by atoms with E-state index in [1.807, 2.05) is 13.0 Å². The summed E-state index contributed by atoms with van der Waals surface area (Å²) in [4.78, 5) is -0.348. The summed E-state index contributed by atoms with van der Waals surface area (Å²) >= 11 is 0. The first-order valence-corrected chi connectivity index (χ1v) is 8.99. The van der Waals surface area contributed by atoms with E-state index in [0.29, 0.717) is 22.2 Å². The fourth-order valence-corrected chi connectivity index (χ4v) is 3.13. The van der Waals surface area contributed by atoms with Gasteiger partial charge in [-0.2, -0.15) is 0 Å². The van der Waals surface area contributed by atoms with Gasteiger partial charge in [-0.3, -0.25) is 0 Å². The summed E-state index contributed by atoms with van der Waals surface area (Å²) in [5, 5.41) is 19.3. The molecule has 0 radical (unpaired) electrons. The van der Waals surface area contributed by atoms with Gasteiger partial charge in [0.05, 0.1) is 12.0 Å². The van der Waals surface area contributed by atoms with Crippen molar-refractivity contribution in [3.63, 3.8) is 0 Å². The van der Waals surface area contributed by atoms with Gasteiger partial charge in [-0.1, -0.05) is 24.3 Å². The SMILES string of the molecule is COc1c(C)cccc1N=Nc1c(O)ccc2cc(S(=O)(=O)[O-])ccc12.[Na+]. The van der Waals surface area contributed by atoms with Gasteiger partial charge in [-0.15, -0.1) is 10.2 Å². The Morgan fingerprint density at radius 1 is 1.07 bits per heavy atom. The Balaban J connectivity index is 0.00000261. The summed E-state index contributed by atoms with van der Waals surface area (Å²) < 4.78 is 38.9. The minimum absolute atomic E-state index is 0. The zero-order valence-electron chi connectivity index (χ0n) is 15.0. The molecule has 27 heavy (non-hydrogen) atoms. The molecular formula is C18H15N2NaO5S. The van der Waals surface area contributed by atoms with Crippen LogP contribution in [0, 0.1) is 6.92 Å². The van der Waals surface area contributed by atoms with Crippen LogP contribution in [0.3, 0.4) is 0 Å². The van der Waals surface area contributed by atoms with Crippen molar-refractivity contribution >= 4 is 32.3 Å². The van der Waals surface area contributed by atoms with Crippen molar-refractivity contribution in [1.29, 1.82) is 0 Å². The average molecular weight is 394 g/mol. The zero-order valence-corrected chi connectivity index (χ0v) is 17.8. The van der Waals surface area contributed by atoms with Crippen LogP contribution in [0.4, 0.5) is 11.4 Å². The first kappa shape index (κ1) is 21.3. The predicted octanol–water partition coefficient (Wildman–Crippen LogP) is 1.19. The van der Waals surface area contributed by atoms with E-state index >= 15 is 0 Å². The van der Waals surface area contributed by atoms with Crippen molar-refractivity contribution in [2.45, 2.75) is 11.8 Å². The van der Waals surface area contributed by atoms with E-state index < -0.39 is 10.1 Å². The third-order valence-electron chi connectivity index (χ3n) is 3.88. The molecule has 0 fully saturated rings. The molecule has 0 aromatic heterocycles. The second kappa shape index (κ2) is 8.37. The maximum atomic E-state index is 11.2. The molecule has 0 spiro atoms. The van der Waals surface area contributed by atoms with E-state index in [1.165, 1.54) is 37.4 Å². The number of hydrogen-bond acceptors (Lipinski definition) is 7. The second-order valence-electron chi connectivity index (χ2n) is 5.60. The standard InChI is InChI=1S/C18H16N2O5S.Na/c1-11-4-3-5-15(18(11)25-2)19-20-17-14-8-7-13(26(22,23)24)10-12(14)6-9-16(17)21;/h3-10,21H,1-2H3,(H,22,23,24);/q;+1/p-1. The summed E-state index contributed by atoms with van der Waals surface area (Å²) in [6, 6.07) is 12.1. The summed E-state index contributed by atoms with van der Waals surface area (Å²) in [5.41, 5.74) is 1.54. The number of azo groups is 1. The molecule has 0 atom stereocenters. The quantitative estimate of drug-likeness (QED) is 0.406. The molecule has 0 bridgehead atoms. The van der Waals surface area contributed by atoms with Gasteiger partial charge in [0.2, 0.25) is 0 Å². The van der Waals surface area contributed by atoms with Gasteiger partial charge in [0.15, 0.2) is 0 Å². The van der Waals surface area contributed by atoms with Crippen LogP contribution < -0.4 is 34.3 Å². The van der Waals surface area contributed by atoms with Gasteiger partial charge in [-0.25, -0.2) is 8.42 Å². The van der Waals surface area contributed by atoms with Crippen LogP contribution in [0.2, 0.25) is 0 Å². The number of hydrogen-bond donors (Lipinski definition) is 1. The topological polar surface area (TPSA) is 111 Å². The zero-order chi connectivity index (χ0) is 18.9. The van der Waals surface area contributed by atoms with Gasteiger partial charge in [0.25, 0.3) is 0 Å². The van der Waals surface area contributed by atoms with E-state index in [2.05, 4.69) is 10.2 Å². The Hall–Kier alpha value is -1.97. The fourth-order valence-electron chi connectivity index (χ4n) is 2.63. The summed E-state index contributed by atoms with van der Waals surface area (Å²) in [7, 11) is -3.04. The number of para-hydroxylation sites is 1. The van der Waals surface area contributed by atoms with Gasteiger partial charge >= 0.3 is 29.6 Å². The average Bonchev–Trinajstić information content (AvgIpc) is 2.59. The van der Waals surface area contributed by atoms with Crippen LogP contribution in [0.5, 0.6) is 11.5 Å². The van der Waals surface area contributed by atoms with E-state index in [1.54, 1.807) is 12.1 Å². The second-order valence-corrected chi connectivity index (χ2v) is 6.98. The molecular weight excluding hydrogens is 379 g/mol. The first-order chi connectivity index (χ1) is 12.3. The van der Waals surface area contributed by atoms with Crippen LogP contribution in [-0.2, 0) is 10.1 Å². The van der Waals surface area contributed by atoms with E-state index in [0.717, 1.165) is 5.56 Å². The van der Waals surface area contributed by atoms with E-state index in [4.69, 9.17) is 4.74 Å². The summed E-state index contributed by atoms with van der Waals surface area (Å²) in [6.45, 7) is 1.87. The Kier molecular flexibility index (Phi) is 6.61. The van der Waals surface area contributed by atoms with Crippen molar-refractivity contribution in [3.05, 3.63) is 54.1 Å². The van der Waals surface area contributed by atoms with E-state index in [-0.39, 0.29) is 45.9 Å². The van der Waals surface area contributed by atoms with Gasteiger partial charge in [0.1, 0.15) is 33.0 Å². The minimum atomic E-state index is -4.57. The van der Waals surface area contributed by atoms with Crippen LogP contribution in [0.15, 0.2) is 63.7 Å². The monoisotopic (exact) mass is 394 g/mol. The van der Waals surface area contributed by atoms with E-state index in [9.17, 15) is 18.1 Å². The molecule has 0 saturated carbocycles. The number of rotatable bonds is 4. The molecule has 0 unspecified atom stereocenters. The number of benzene rings is 3. The molecule has 3 aromatic carbocycles. The van der Waals surface area contributed by atoms with Crippen molar-refractivity contribution in [2.24, 2.45) is 10.2 Å². The Morgan fingerprint density at radius 3 is 2.48 bits per heavy atom. The third-order valence-corrected chi connectivity index (χ3v) is 4.71.